The third-order valence-electron chi connectivity index (χ3n) is 2.39. The molecule has 0 spiro atoms. The van der Waals surface area contributed by atoms with Crippen LogP contribution in [0.4, 0.5) is 5.69 Å². The lowest BCUT2D eigenvalue weighted by Gasteiger charge is -1.94. The number of fused-ring (bicyclic) bond motifs is 1. The molecule has 1 aromatic heterocycles. The minimum Gasteiger partial charge on any atom is -0.392 e. The first-order valence-corrected chi connectivity index (χ1v) is 4.68. The Balaban J connectivity index is 2.54. The van der Waals surface area contributed by atoms with Crippen molar-refractivity contribution in [2.24, 2.45) is 0 Å². The van der Waals surface area contributed by atoms with Gasteiger partial charge >= 0.3 is 0 Å². The van der Waals surface area contributed by atoms with Gasteiger partial charge in [0.1, 0.15) is 0 Å². The molecule has 1 heterocycles. The molecule has 2 N–H and O–H groups in total. The second kappa shape index (κ2) is 3.79. The number of nitrogens with one attached hydrogen (secondary N) is 1. The maximum absolute atomic E-state index is 10.6. The predicted molar refractivity (Wildman–Crippen MR) is 61.1 cm³/mol. The van der Waals surface area contributed by atoms with Crippen molar-refractivity contribution >= 4 is 22.2 Å². The highest BCUT2D eigenvalue weighted by Gasteiger charge is 2.09. The molecule has 0 aliphatic heterocycles. The summed E-state index contributed by atoms with van der Waals surface area (Å²) in [6, 6.07) is 6.30. The summed E-state index contributed by atoms with van der Waals surface area (Å²) in [5.41, 5.74) is 2.08. The van der Waals surface area contributed by atoms with E-state index in [-0.39, 0.29) is 12.3 Å². The minimum atomic E-state index is -0.438. The molecule has 0 saturated heterocycles. The van der Waals surface area contributed by atoms with E-state index in [0.717, 1.165) is 10.9 Å². The highest BCUT2D eigenvalue weighted by molar-refractivity contribution is 5.86. The number of aliphatic hydroxyl groups excluding tert-OH is 1. The van der Waals surface area contributed by atoms with Crippen molar-refractivity contribution in [1.82, 2.24) is 4.98 Å². The normalized spacial score (nSPS) is 10.6. The van der Waals surface area contributed by atoms with Gasteiger partial charge < -0.3 is 10.1 Å². The van der Waals surface area contributed by atoms with Gasteiger partial charge in [-0.15, -0.1) is 0 Å². The first-order valence-electron chi connectivity index (χ1n) is 4.68. The fourth-order valence-corrected chi connectivity index (χ4v) is 1.51. The van der Waals surface area contributed by atoms with Gasteiger partial charge in [-0.05, 0) is 17.7 Å². The fraction of sp³-hybridized carbons (Fsp3) is 0.0909. The monoisotopic (exact) mass is 218 g/mol. The molecule has 5 nitrogen and oxygen atoms in total. The predicted octanol–water partition coefficient (Wildman–Crippen LogP) is 2.08. The third-order valence-corrected chi connectivity index (χ3v) is 2.39. The molecule has 0 saturated carbocycles. The van der Waals surface area contributed by atoms with Crippen molar-refractivity contribution in [1.29, 1.82) is 0 Å². The van der Waals surface area contributed by atoms with Gasteiger partial charge in [-0.1, -0.05) is 6.58 Å². The molecule has 0 aliphatic rings. The Labute approximate surface area is 91.2 Å². The highest BCUT2D eigenvalue weighted by Crippen LogP contribution is 2.23. The van der Waals surface area contributed by atoms with Crippen molar-refractivity contribution in [3.05, 3.63) is 46.7 Å². The van der Waals surface area contributed by atoms with Crippen molar-refractivity contribution in [2.75, 3.05) is 6.61 Å². The van der Waals surface area contributed by atoms with Crippen LogP contribution in [0, 0.1) is 10.1 Å². The number of non-ortho nitro benzene ring substituents is 1. The Morgan fingerprint density at radius 1 is 1.50 bits per heavy atom. The van der Waals surface area contributed by atoms with E-state index in [4.69, 9.17) is 5.11 Å². The average Bonchev–Trinajstić information content (AvgIpc) is 2.70. The van der Waals surface area contributed by atoms with Gasteiger partial charge in [-0.2, -0.15) is 0 Å². The molecule has 0 amide bonds. The smallest absolute Gasteiger partial charge is 0.270 e. The molecule has 0 fully saturated rings. The summed E-state index contributed by atoms with van der Waals surface area (Å²) in [7, 11) is 0. The van der Waals surface area contributed by atoms with Crippen LogP contribution in [0.5, 0.6) is 0 Å². The van der Waals surface area contributed by atoms with Crippen molar-refractivity contribution < 1.29 is 10.0 Å². The molecule has 2 rings (SSSR count). The van der Waals surface area contributed by atoms with Crippen LogP contribution in [0.25, 0.3) is 16.5 Å². The van der Waals surface area contributed by atoms with Crippen LogP contribution >= 0.6 is 0 Å². The zero-order valence-electron chi connectivity index (χ0n) is 8.43. The quantitative estimate of drug-likeness (QED) is 0.611. The number of benzene rings is 1. The Hall–Kier alpha value is -2.14. The van der Waals surface area contributed by atoms with Crippen LogP contribution in [0.1, 0.15) is 5.69 Å². The van der Waals surface area contributed by atoms with Crippen LogP contribution < -0.4 is 0 Å². The van der Waals surface area contributed by atoms with E-state index >= 15 is 0 Å². The average molecular weight is 218 g/mol. The van der Waals surface area contributed by atoms with Crippen molar-refractivity contribution in [2.45, 2.75) is 0 Å². The summed E-state index contributed by atoms with van der Waals surface area (Å²) < 4.78 is 0. The SMILES string of the molecule is C=C(CO)c1cc2cc([N+](=O)[O-])ccc2[nH]1. The minimum absolute atomic E-state index is 0.0488. The zero-order chi connectivity index (χ0) is 11.7. The van der Waals surface area contributed by atoms with Gasteiger partial charge in [0.15, 0.2) is 0 Å². The fourth-order valence-electron chi connectivity index (χ4n) is 1.51. The highest BCUT2D eigenvalue weighted by atomic mass is 16.6. The van der Waals surface area contributed by atoms with Crippen LogP contribution in [-0.2, 0) is 0 Å². The molecule has 82 valence electrons. The number of rotatable bonds is 3. The number of nitro groups is 1. The van der Waals surface area contributed by atoms with Gasteiger partial charge in [0, 0.05) is 28.7 Å². The maximum Gasteiger partial charge on any atom is 0.270 e. The van der Waals surface area contributed by atoms with Gasteiger partial charge in [0.05, 0.1) is 11.5 Å². The number of aromatic nitrogens is 1. The van der Waals surface area contributed by atoms with Crippen LogP contribution in [0.2, 0.25) is 0 Å². The molecule has 16 heavy (non-hydrogen) atoms. The molecular formula is C11H10N2O3. The molecular weight excluding hydrogens is 208 g/mol. The van der Waals surface area contributed by atoms with Gasteiger partial charge in [0.2, 0.25) is 0 Å². The Morgan fingerprint density at radius 3 is 2.88 bits per heavy atom. The Bertz CT molecular complexity index is 572. The lowest BCUT2D eigenvalue weighted by atomic mass is 10.2. The lowest BCUT2D eigenvalue weighted by molar-refractivity contribution is -0.384. The first-order chi connectivity index (χ1) is 7.61. The van der Waals surface area contributed by atoms with E-state index < -0.39 is 4.92 Å². The van der Waals surface area contributed by atoms with E-state index in [1.807, 2.05) is 0 Å². The van der Waals surface area contributed by atoms with Crippen LogP contribution in [0.3, 0.4) is 0 Å². The number of nitro benzene ring substituents is 1. The van der Waals surface area contributed by atoms with Gasteiger partial charge in [-0.3, -0.25) is 10.1 Å². The summed E-state index contributed by atoms with van der Waals surface area (Å²) in [5.74, 6) is 0. The molecule has 1 aromatic carbocycles. The molecule has 0 radical (unpaired) electrons. The van der Waals surface area contributed by atoms with E-state index in [2.05, 4.69) is 11.6 Å². The number of nitrogens with zero attached hydrogens (tertiary/aromatic N) is 1. The summed E-state index contributed by atoms with van der Waals surface area (Å²) >= 11 is 0. The summed E-state index contributed by atoms with van der Waals surface area (Å²) in [6.07, 6.45) is 0. The van der Waals surface area contributed by atoms with Crippen LogP contribution in [0.15, 0.2) is 30.8 Å². The second-order valence-electron chi connectivity index (χ2n) is 3.47. The van der Waals surface area contributed by atoms with E-state index in [9.17, 15) is 10.1 Å². The number of hydrogen-bond donors (Lipinski definition) is 2. The van der Waals surface area contributed by atoms with Crippen molar-refractivity contribution in [3.63, 3.8) is 0 Å². The molecule has 0 atom stereocenters. The largest absolute Gasteiger partial charge is 0.392 e. The lowest BCUT2D eigenvalue weighted by Crippen LogP contribution is -1.87. The topological polar surface area (TPSA) is 79.2 Å². The van der Waals surface area contributed by atoms with E-state index in [0.29, 0.717) is 11.3 Å². The second-order valence-corrected chi connectivity index (χ2v) is 3.47. The standard InChI is InChI=1S/C11H10N2O3/c1-7(6-14)11-5-8-4-9(13(15)16)2-3-10(8)12-11/h2-5,12,14H,1,6H2. The number of H-pyrrole nitrogens is 1. The summed E-state index contributed by atoms with van der Waals surface area (Å²) in [4.78, 5) is 13.2. The Morgan fingerprint density at radius 2 is 2.25 bits per heavy atom. The van der Waals surface area contributed by atoms with Gasteiger partial charge in [0.25, 0.3) is 5.69 Å². The Kier molecular flexibility index (Phi) is 2.46. The number of aromatic amines is 1. The molecule has 2 aromatic rings. The number of hydrogen-bond acceptors (Lipinski definition) is 3. The third kappa shape index (κ3) is 1.68. The van der Waals surface area contributed by atoms with E-state index in [1.54, 1.807) is 12.1 Å². The molecule has 0 aliphatic carbocycles. The van der Waals surface area contributed by atoms with Gasteiger partial charge in [-0.25, -0.2) is 0 Å². The van der Waals surface area contributed by atoms with Crippen molar-refractivity contribution in [3.8, 4) is 0 Å². The first kappa shape index (κ1) is 10.4. The summed E-state index contributed by atoms with van der Waals surface area (Å²) in [5, 5.41) is 20.2. The molecule has 0 bridgehead atoms. The number of aliphatic hydroxyl groups is 1. The zero-order valence-corrected chi connectivity index (χ0v) is 8.43. The van der Waals surface area contributed by atoms with Crippen LogP contribution in [-0.4, -0.2) is 21.6 Å². The van der Waals surface area contributed by atoms with E-state index in [1.165, 1.54) is 12.1 Å². The molecule has 0 unspecified atom stereocenters. The molecule has 5 heteroatoms. The summed E-state index contributed by atoms with van der Waals surface area (Å²) in [6.45, 7) is 3.54. The maximum atomic E-state index is 10.6.